The van der Waals surface area contributed by atoms with Crippen molar-refractivity contribution < 1.29 is 33.5 Å². The van der Waals surface area contributed by atoms with E-state index in [0.717, 1.165) is 24.8 Å². The fourth-order valence-electron chi connectivity index (χ4n) is 6.12. The summed E-state index contributed by atoms with van der Waals surface area (Å²) in [5.74, 6) is -3.06. The van der Waals surface area contributed by atoms with Crippen molar-refractivity contribution in [1.82, 2.24) is 15.5 Å². The van der Waals surface area contributed by atoms with Crippen LogP contribution >= 0.6 is 0 Å². The van der Waals surface area contributed by atoms with Crippen molar-refractivity contribution in [1.29, 1.82) is 0 Å². The number of nitrogens with zero attached hydrogens (tertiary/aromatic N) is 1. The van der Waals surface area contributed by atoms with Gasteiger partial charge in [0.25, 0.3) is 5.91 Å². The monoisotopic (exact) mass is 574 g/mol. The van der Waals surface area contributed by atoms with Crippen molar-refractivity contribution >= 4 is 35.4 Å². The molecule has 11 heteroatoms. The quantitative estimate of drug-likeness (QED) is 0.238. The number of fused-ring (bicyclic) bond motifs is 1. The zero-order valence-corrected chi connectivity index (χ0v) is 25.4. The van der Waals surface area contributed by atoms with Crippen LogP contribution in [0.25, 0.3) is 0 Å². The number of primary amides is 1. The van der Waals surface area contributed by atoms with Crippen LogP contribution in [0.5, 0.6) is 0 Å². The molecule has 2 saturated carbocycles. The van der Waals surface area contributed by atoms with E-state index in [1.54, 1.807) is 34.6 Å². The Morgan fingerprint density at radius 3 is 2.20 bits per heavy atom. The van der Waals surface area contributed by atoms with Gasteiger partial charge in [-0.1, -0.05) is 38.7 Å². The first-order valence-corrected chi connectivity index (χ1v) is 14.5. The average Bonchev–Trinajstić information content (AvgIpc) is 3.13. The highest BCUT2D eigenvalue weighted by molar-refractivity contribution is 6.37. The number of carbonyl (C=O) groups excluding carboxylic acids is 6. The second-order valence-electron chi connectivity index (χ2n) is 13.6. The third kappa shape index (κ3) is 7.95. The predicted octanol–water partition coefficient (Wildman–Crippen LogP) is 2.41. The van der Waals surface area contributed by atoms with E-state index in [-0.39, 0.29) is 41.8 Å². The molecular weight excluding hydrogens is 528 g/mol. The molecule has 3 rings (SSSR count). The molecule has 4 N–H and O–H groups in total. The van der Waals surface area contributed by atoms with Gasteiger partial charge in [0.15, 0.2) is 5.78 Å². The highest BCUT2D eigenvalue weighted by atomic mass is 16.6. The Balaban J connectivity index is 1.83. The Morgan fingerprint density at radius 2 is 1.68 bits per heavy atom. The SMILES string of the molecule is CC(C)=CC(=O)CC[C@H](NC(=O)OC(C)(C)C)C(=O)N1CC2[C@@H](C1C(=O)NC(CC1CCC1)C(=O)C(N)=O)C2(C)C. The Morgan fingerprint density at radius 1 is 1.05 bits per heavy atom. The molecule has 2 aliphatic carbocycles. The number of nitrogens with one attached hydrogen (secondary N) is 2. The Kier molecular flexibility index (Phi) is 9.70. The highest BCUT2D eigenvalue weighted by Gasteiger charge is 2.69. The molecular formula is C30H46N4O7. The molecule has 0 aromatic heterocycles. The van der Waals surface area contributed by atoms with Gasteiger partial charge < -0.3 is 26.0 Å². The van der Waals surface area contributed by atoms with Gasteiger partial charge in [0.05, 0.1) is 6.04 Å². The predicted molar refractivity (Wildman–Crippen MR) is 151 cm³/mol. The molecule has 3 aliphatic rings. The minimum atomic E-state index is -1.11. The molecule has 0 bridgehead atoms. The molecule has 4 amide bonds. The number of rotatable bonds is 12. The van der Waals surface area contributed by atoms with Crippen LogP contribution in [0.2, 0.25) is 0 Å². The number of ketones is 2. The van der Waals surface area contributed by atoms with Crippen LogP contribution < -0.4 is 16.4 Å². The minimum Gasteiger partial charge on any atom is -0.444 e. The molecule has 3 unspecified atom stereocenters. The Labute approximate surface area is 242 Å². The van der Waals surface area contributed by atoms with Gasteiger partial charge in [0.2, 0.25) is 17.6 Å². The van der Waals surface area contributed by atoms with Crippen LogP contribution in [-0.2, 0) is 28.7 Å². The molecule has 1 aliphatic heterocycles. The van der Waals surface area contributed by atoms with Gasteiger partial charge in [-0.15, -0.1) is 0 Å². The van der Waals surface area contributed by atoms with E-state index >= 15 is 0 Å². The van der Waals surface area contributed by atoms with Crippen LogP contribution in [0.3, 0.4) is 0 Å². The van der Waals surface area contributed by atoms with Gasteiger partial charge in [-0.25, -0.2) is 4.79 Å². The Bertz CT molecular complexity index is 1110. The molecule has 0 aromatic rings. The zero-order valence-electron chi connectivity index (χ0n) is 25.4. The number of amides is 4. The van der Waals surface area contributed by atoms with Crippen molar-refractivity contribution in [2.75, 3.05) is 6.54 Å². The number of alkyl carbamates (subject to hydrolysis) is 1. The lowest BCUT2D eigenvalue weighted by Crippen LogP contribution is -2.58. The number of allylic oxidation sites excluding steroid dienone is 2. The van der Waals surface area contributed by atoms with Crippen molar-refractivity contribution in [3.63, 3.8) is 0 Å². The summed E-state index contributed by atoms with van der Waals surface area (Å²) < 4.78 is 5.37. The summed E-state index contributed by atoms with van der Waals surface area (Å²) >= 11 is 0. The molecule has 11 nitrogen and oxygen atoms in total. The van der Waals surface area contributed by atoms with Crippen molar-refractivity contribution in [3.05, 3.63) is 11.6 Å². The lowest BCUT2D eigenvalue weighted by molar-refractivity contribution is -0.144. The number of hydrogen-bond donors (Lipinski definition) is 3. The van der Waals surface area contributed by atoms with Gasteiger partial charge in [0.1, 0.15) is 17.7 Å². The summed E-state index contributed by atoms with van der Waals surface area (Å²) in [4.78, 5) is 78.5. The number of hydrogen-bond acceptors (Lipinski definition) is 7. The third-order valence-corrected chi connectivity index (χ3v) is 8.55. The van der Waals surface area contributed by atoms with E-state index in [9.17, 15) is 28.8 Å². The van der Waals surface area contributed by atoms with Crippen LogP contribution in [0.15, 0.2) is 11.6 Å². The smallest absolute Gasteiger partial charge is 0.408 e. The molecule has 0 spiro atoms. The summed E-state index contributed by atoms with van der Waals surface area (Å²) in [6.07, 6.45) is 3.88. The largest absolute Gasteiger partial charge is 0.444 e. The molecule has 0 aromatic carbocycles. The number of Topliss-reactive ketones (excluding diaryl/α,β-unsaturated/α-hetero) is 1. The second-order valence-corrected chi connectivity index (χ2v) is 13.6. The van der Waals surface area contributed by atoms with E-state index in [1.165, 1.54) is 11.0 Å². The summed E-state index contributed by atoms with van der Waals surface area (Å²) in [7, 11) is 0. The van der Waals surface area contributed by atoms with Gasteiger partial charge in [-0.05, 0) is 76.7 Å². The molecule has 0 radical (unpaired) electrons. The number of piperidine rings is 1. The van der Waals surface area contributed by atoms with Crippen molar-refractivity contribution in [3.8, 4) is 0 Å². The number of likely N-dealkylation sites (tertiary alicyclic amines) is 1. The first-order chi connectivity index (χ1) is 18.9. The van der Waals surface area contributed by atoms with Crippen LogP contribution in [0, 0.1) is 23.2 Å². The molecule has 5 atom stereocenters. The van der Waals surface area contributed by atoms with E-state index in [0.29, 0.717) is 13.0 Å². The van der Waals surface area contributed by atoms with Gasteiger partial charge >= 0.3 is 6.09 Å². The molecule has 228 valence electrons. The number of carbonyl (C=O) groups is 6. The summed E-state index contributed by atoms with van der Waals surface area (Å²) in [5.41, 5.74) is 5.09. The first-order valence-electron chi connectivity index (χ1n) is 14.5. The van der Waals surface area contributed by atoms with Gasteiger partial charge in [0, 0.05) is 13.0 Å². The maximum absolute atomic E-state index is 13.9. The lowest BCUT2D eigenvalue weighted by atomic mass is 9.80. The van der Waals surface area contributed by atoms with Gasteiger partial charge in [-0.3, -0.25) is 24.0 Å². The third-order valence-electron chi connectivity index (χ3n) is 8.55. The molecule has 1 heterocycles. The summed E-state index contributed by atoms with van der Waals surface area (Å²) in [6.45, 7) is 13.0. The van der Waals surface area contributed by atoms with Crippen LogP contribution in [0.1, 0.15) is 87.0 Å². The van der Waals surface area contributed by atoms with E-state index in [2.05, 4.69) is 10.6 Å². The molecule has 3 fully saturated rings. The Hall–Kier alpha value is -3.24. The summed E-state index contributed by atoms with van der Waals surface area (Å²) in [5, 5.41) is 5.36. The van der Waals surface area contributed by atoms with E-state index in [1.807, 2.05) is 13.8 Å². The fourth-order valence-corrected chi connectivity index (χ4v) is 6.12. The molecule has 1 saturated heterocycles. The first kappa shape index (κ1) is 32.3. The lowest BCUT2D eigenvalue weighted by Gasteiger charge is -2.34. The van der Waals surface area contributed by atoms with Crippen molar-refractivity contribution in [2.45, 2.75) is 111 Å². The second kappa shape index (κ2) is 12.3. The topological polar surface area (TPSA) is 165 Å². The van der Waals surface area contributed by atoms with Crippen LogP contribution in [-0.4, -0.2) is 70.6 Å². The molecule has 41 heavy (non-hydrogen) atoms. The van der Waals surface area contributed by atoms with Crippen LogP contribution in [0.4, 0.5) is 4.79 Å². The standard InChI is InChI=1S/C30H46N4O7/c1-16(2)13-18(35)11-12-20(33-28(40)41-29(3,4)5)27(39)34-15-19-22(30(19,6)7)23(34)26(38)32-21(24(36)25(31)37)14-17-9-8-10-17/h13,17,19-23H,8-12,14-15H2,1-7H3,(H2,31,37)(H,32,38)(H,33,40)/t19?,20-,21?,22-,23?/m0/s1. The summed E-state index contributed by atoms with van der Waals surface area (Å²) in [6, 6.07) is -3.06. The zero-order chi connectivity index (χ0) is 30.9. The average molecular weight is 575 g/mol. The number of nitrogens with two attached hydrogens (primary N) is 1. The maximum Gasteiger partial charge on any atom is 0.408 e. The van der Waals surface area contributed by atoms with E-state index < -0.39 is 53.3 Å². The van der Waals surface area contributed by atoms with Gasteiger partial charge in [-0.2, -0.15) is 0 Å². The van der Waals surface area contributed by atoms with E-state index in [4.69, 9.17) is 10.5 Å². The highest BCUT2D eigenvalue weighted by Crippen LogP contribution is 2.65. The van der Waals surface area contributed by atoms with Crippen molar-refractivity contribution in [2.24, 2.45) is 28.9 Å². The normalized spacial score (nSPS) is 24.2. The minimum absolute atomic E-state index is 0.0109. The maximum atomic E-state index is 13.9. The number of ether oxygens (including phenoxy) is 1. The fraction of sp³-hybridized carbons (Fsp3) is 0.733.